The maximum atomic E-state index is 14.7. The standard InChI is InChI=1S/C22H25F3O2/c1-3-5-16-8-6-15(13-27-16)17-9-7-14(12-19(17)23)18-10-11-20(26-4-2)22(25)21(18)24/h7,9-12,15-16H,3-6,8,13H2,1-2H3. The second kappa shape index (κ2) is 8.79. The van der Waals surface area contributed by atoms with Crippen molar-refractivity contribution in [1.82, 2.24) is 0 Å². The lowest BCUT2D eigenvalue weighted by atomic mass is 9.89. The molecule has 0 N–H and O–H groups in total. The van der Waals surface area contributed by atoms with Crippen LogP contribution in [0.2, 0.25) is 0 Å². The first-order valence-electron chi connectivity index (χ1n) is 9.57. The van der Waals surface area contributed by atoms with Gasteiger partial charge in [-0.2, -0.15) is 4.39 Å². The molecule has 3 rings (SSSR count). The summed E-state index contributed by atoms with van der Waals surface area (Å²) in [7, 11) is 0. The van der Waals surface area contributed by atoms with Crippen LogP contribution in [0.4, 0.5) is 13.2 Å². The molecule has 1 aliphatic rings. The minimum Gasteiger partial charge on any atom is -0.491 e. The molecule has 2 unspecified atom stereocenters. The first kappa shape index (κ1) is 19.7. The van der Waals surface area contributed by atoms with Crippen molar-refractivity contribution in [3.8, 4) is 16.9 Å². The number of halogens is 3. The minimum atomic E-state index is -1.05. The molecule has 2 nitrogen and oxygen atoms in total. The molecule has 0 radical (unpaired) electrons. The summed E-state index contributed by atoms with van der Waals surface area (Å²) in [6.07, 6.45) is 4.14. The van der Waals surface area contributed by atoms with Crippen LogP contribution < -0.4 is 4.74 Å². The maximum Gasteiger partial charge on any atom is 0.201 e. The molecule has 1 heterocycles. The first-order valence-corrected chi connectivity index (χ1v) is 9.57. The Morgan fingerprint density at radius 2 is 1.85 bits per heavy atom. The highest BCUT2D eigenvalue weighted by molar-refractivity contribution is 5.66. The van der Waals surface area contributed by atoms with Crippen molar-refractivity contribution in [3.63, 3.8) is 0 Å². The summed E-state index contributed by atoms with van der Waals surface area (Å²) in [5.41, 5.74) is 0.890. The summed E-state index contributed by atoms with van der Waals surface area (Å²) in [6, 6.07) is 7.34. The summed E-state index contributed by atoms with van der Waals surface area (Å²) >= 11 is 0. The fourth-order valence-electron chi connectivity index (χ4n) is 3.65. The third-order valence-corrected chi connectivity index (χ3v) is 5.08. The Morgan fingerprint density at radius 1 is 1.04 bits per heavy atom. The van der Waals surface area contributed by atoms with E-state index in [1.807, 2.05) is 0 Å². The van der Waals surface area contributed by atoms with Gasteiger partial charge < -0.3 is 9.47 Å². The van der Waals surface area contributed by atoms with Crippen molar-refractivity contribution in [2.24, 2.45) is 0 Å². The summed E-state index contributed by atoms with van der Waals surface area (Å²) < 4.78 is 54.1. The number of hydrogen-bond acceptors (Lipinski definition) is 2. The molecule has 2 atom stereocenters. The van der Waals surface area contributed by atoms with E-state index in [2.05, 4.69) is 6.92 Å². The van der Waals surface area contributed by atoms with Gasteiger partial charge in [0.2, 0.25) is 5.82 Å². The van der Waals surface area contributed by atoms with E-state index in [1.165, 1.54) is 18.2 Å². The molecule has 1 fully saturated rings. The molecule has 27 heavy (non-hydrogen) atoms. The highest BCUT2D eigenvalue weighted by Gasteiger charge is 2.25. The average molecular weight is 378 g/mol. The molecule has 0 saturated carbocycles. The molecule has 0 spiro atoms. The highest BCUT2D eigenvalue weighted by Crippen LogP contribution is 2.35. The fourth-order valence-corrected chi connectivity index (χ4v) is 3.65. The molecule has 2 aromatic rings. The van der Waals surface area contributed by atoms with Crippen LogP contribution in [0.15, 0.2) is 30.3 Å². The van der Waals surface area contributed by atoms with Gasteiger partial charge in [0.15, 0.2) is 11.6 Å². The Morgan fingerprint density at radius 3 is 2.48 bits per heavy atom. The van der Waals surface area contributed by atoms with Crippen LogP contribution in [0.5, 0.6) is 5.75 Å². The molecule has 1 aliphatic heterocycles. The molecule has 0 aromatic heterocycles. The van der Waals surface area contributed by atoms with Crippen molar-refractivity contribution in [3.05, 3.63) is 53.3 Å². The van der Waals surface area contributed by atoms with Gasteiger partial charge in [0.05, 0.1) is 19.3 Å². The number of hydrogen-bond donors (Lipinski definition) is 0. The quantitative estimate of drug-likeness (QED) is 0.593. The molecule has 0 bridgehead atoms. The van der Waals surface area contributed by atoms with Crippen molar-refractivity contribution in [2.75, 3.05) is 13.2 Å². The molecule has 2 aromatic carbocycles. The van der Waals surface area contributed by atoms with Gasteiger partial charge in [0.25, 0.3) is 0 Å². The Labute approximate surface area is 158 Å². The Hall–Kier alpha value is -2.01. The Balaban J connectivity index is 1.80. The van der Waals surface area contributed by atoms with Gasteiger partial charge in [-0.1, -0.05) is 25.5 Å². The van der Waals surface area contributed by atoms with E-state index >= 15 is 0 Å². The van der Waals surface area contributed by atoms with Crippen LogP contribution in [0.1, 0.15) is 51.0 Å². The predicted molar refractivity (Wildman–Crippen MR) is 99.5 cm³/mol. The van der Waals surface area contributed by atoms with Crippen molar-refractivity contribution in [1.29, 1.82) is 0 Å². The topological polar surface area (TPSA) is 18.5 Å². The van der Waals surface area contributed by atoms with Crippen molar-refractivity contribution in [2.45, 2.75) is 51.6 Å². The summed E-state index contributed by atoms with van der Waals surface area (Å²) in [6.45, 7) is 4.55. The smallest absolute Gasteiger partial charge is 0.201 e. The molecule has 0 amide bonds. The number of ether oxygens (including phenoxy) is 2. The van der Waals surface area contributed by atoms with Crippen LogP contribution in [0.25, 0.3) is 11.1 Å². The third-order valence-electron chi connectivity index (χ3n) is 5.08. The zero-order valence-electron chi connectivity index (χ0n) is 15.7. The lowest BCUT2D eigenvalue weighted by molar-refractivity contribution is -0.00172. The summed E-state index contributed by atoms with van der Waals surface area (Å²) in [5, 5.41) is 0. The highest BCUT2D eigenvalue weighted by atomic mass is 19.2. The van der Waals surface area contributed by atoms with Crippen LogP contribution in [-0.4, -0.2) is 19.3 Å². The van der Waals surface area contributed by atoms with Gasteiger partial charge in [-0.25, -0.2) is 8.78 Å². The SMILES string of the molecule is CCCC1CCC(c2ccc(-c3ccc(OCC)c(F)c3F)cc2F)CO1. The zero-order chi connectivity index (χ0) is 19.4. The fraction of sp³-hybridized carbons (Fsp3) is 0.455. The molecule has 0 aliphatic carbocycles. The van der Waals surface area contributed by atoms with Crippen LogP contribution in [-0.2, 0) is 4.74 Å². The second-order valence-corrected chi connectivity index (χ2v) is 6.93. The zero-order valence-corrected chi connectivity index (χ0v) is 15.7. The van der Waals surface area contributed by atoms with Crippen LogP contribution in [0, 0.1) is 17.5 Å². The predicted octanol–water partition coefficient (Wildman–Crippen LogP) is 6.23. The van der Waals surface area contributed by atoms with Gasteiger partial charge in [-0.3, -0.25) is 0 Å². The number of rotatable bonds is 6. The third kappa shape index (κ3) is 4.29. The molecule has 146 valence electrons. The van der Waals surface area contributed by atoms with Crippen LogP contribution in [0.3, 0.4) is 0 Å². The van der Waals surface area contributed by atoms with Gasteiger partial charge in [0.1, 0.15) is 5.82 Å². The molecule has 5 heteroatoms. The van der Waals surface area contributed by atoms with E-state index in [0.717, 1.165) is 25.7 Å². The van der Waals surface area contributed by atoms with Crippen molar-refractivity contribution >= 4 is 0 Å². The van der Waals surface area contributed by atoms with Crippen molar-refractivity contribution < 1.29 is 22.6 Å². The Kier molecular flexibility index (Phi) is 6.42. The lowest BCUT2D eigenvalue weighted by Gasteiger charge is -2.29. The van der Waals surface area contributed by atoms with E-state index in [-0.39, 0.29) is 29.9 Å². The van der Waals surface area contributed by atoms with E-state index in [1.54, 1.807) is 19.1 Å². The van der Waals surface area contributed by atoms with E-state index in [0.29, 0.717) is 17.7 Å². The summed E-state index contributed by atoms with van der Waals surface area (Å²) in [4.78, 5) is 0. The molecule has 1 saturated heterocycles. The normalized spacial score (nSPS) is 19.9. The van der Waals surface area contributed by atoms with Crippen LogP contribution >= 0.6 is 0 Å². The Bertz CT molecular complexity index is 783. The largest absolute Gasteiger partial charge is 0.491 e. The summed E-state index contributed by atoms with van der Waals surface area (Å²) in [5.74, 6) is -2.65. The van der Waals surface area contributed by atoms with E-state index in [9.17, 15) is 13.2 Å². The second-order valence-electron chi connectivity index (χ2n) is 6.93. The van der Waals surface area contributed by atoms with E-state index in [4.69, 9.17) is 9.47 Å². The number of benzene rings is 2. The van der Waals surface area contributed by atoms with Gasteiger partial charge in [0, 0.05) is 11.5 Å². The van der Waals surface area contributed by atoms with Gasteiger partial charge >= 0.3 is 0 Å². The minimum absolute atomic E-state index is 0.00549. The maximum absolute atomic E-state index is 14.7. The lowest BCUT2D eigenvalue weighted by Crippen LogP contribution is -2.25. The average Bonchev–Trinajstić information content (AvgIpc) is 2.67. The molecular formula is C22H25F3O2. The van der Waals surface area contributed by atoms with Gasteiger partial charge in [-0.15, -0.1) is 0 Å². The van der Waals surface area contributed by atoms with E-state index < -0.39 is 17.5 Å². The monoisotopic (exact) mass is 378 g/mol. The van der Waals surface area contributed by atoms with Gasteiger partial charge in [-0.05, 0) is 55.5 Å². The first-order chi connectivity index (χ1) is 13.0. The molecular weight excluding hydrogens is 353 g/mol.